The number of ether oxygens (including phenoxy) is 2. The Morgan fingerprint density at radius 2 is 1.66 bits per heavy atom. The summed E-state index contributed by atoms with van der Waals surface area (Å²) in [5.74, 6) is -1.96. The molecule has 0 aromatic heterocycles. The average molecular weight is 578 g/mol. The smallest absolute Gasteiger partial charge is 0.329 e. The van der Waals surface area contributed by atoms with E-state index in [0.29, 0.717) is 17.9 Å². The number of nitrogens with one attached hydrogen (secondary N) is 3. The van der Waals surface area contributed by atoms with Gasteiger partial charge in [-0.05, 0) is 55.8 Å². The summed E-state index contributed by atoms with van der Waals surface area (Å²) in [6.07, 6.45) is 1.26. The number of carbonyl (C=O) groups is 3. The van der Waals surface area contributed by atoms with Crippen LogP contribution in [0.3, 0.4) is 0 Å². The first-order valence-electron chi connectivity index (χ1n) is 11.2. The predicted octanol–water partition coefficient (Wildman–Crippen LogP) is 5.46. The molecule has 0 fully saturated rings. The van der Waals surface area contributed by atoms with Crippen LogP contribution >= 0.6 is 34.8 Å². The number of nitrogens with zero attached hydrogens (tertiary/aromatic N) is 1. The monoisotopic (exact) mass is 576 g/mol. The highest BCUT2D eigenvalue weighted by Crippen LogP contribution is 2.36. The second-order valence-electron chi connectivity index (χ2n) is 7.72. The molecule has 3 rings (SSSR count). The molecule has 0 atom stereocenters. The molecule has 0 unspecified atom stereocenters. The van der Waals surface area contributed by atoms with Crippen molar-refractivity contribution in [3.05, 3.63) is 80.8 Å². The summed E-state index contributed by atoms with van der Waals surface area (Å²) in [5, 5.41) is 9.35. The van der Waals surface area contributed by atoms with Crippen LogP contribution in [-0.4, -0.2) is 37.1 Å². The number of aryl methyl sites for hydroxylation is 1. The number of halogens is 3. The van der Waals surface area contributed by atoms with Crippen LogP contribution in [0.4, 0.5) is 11.4 Å². The molecule has 0 saturated heterocycles. The van der Waals surface area contributed by atoms with Gasteiger partial charge in [-0.2, -0.15) is 5.10 Å². The van der Waals surface area contributed by atoms with Crippen LogP contribution in [0.25, 0.3) is 0 Å². The lowest BCUT2D eigenvalue weighted by Gasteiger charge is -2.14. The van der Waals surface area contributed by atoms with Crippen LogP contribution in [0.15, 0.2) is 59.7 Å². The van der Waals surface area contributed by atoms with Crippen LogP contribution in [0.5, 0.6) is 11.5 Å². The largest absolute Gasteiger partial charge is 0.490 e. The van der Waals surface area contributed by atoms with Gasteiger partial charge >= 0.3 is 11.8 Å². The van der Waals surface area contributed by atoms with Crippen molar-refractivity contribution < 1.29 is 23.9 Å². The van der Waals surface area contributed by atoms with E-state index in [-0.39, 0.29) is 44.8 Å². The van der Waals surface area contributed by atoms with Gasteiger partial charge in [0.05, 0.1) is 33.6 Å². The maximum atomic E-state index is 12.3. The van der Waals surface area contributed by atoms with E-state index in [9.17, 15) is 14.4 Å². The lowest BCUT2D eigenvalue weighted by atomic mass is 10.2. The van der Waals surface area contributed by atoms with Crippen LogP contribution in [-0.2, 0) is 14.4 Å². The molecular formula is C26H23Cl3N4O5. The summed E-state index contributed by atoms with van der Waals surface area (Å²) in [5.41, 5.74) is 4.44. The fourth-order valence-corrected chi connectivity index (χ4v) is 3.65. The highest BCUT2D eigenvalue weighted by molar-refractivity contribution is 6.45. The molecule has 0 heterocycles. The van der Waals surface area contributed by atoms with Crippen molar-refractivity contribution in [2.75, 3.05) is 23.8 Å². The topological polar surface area (TPSA) is 118 Å². The van der Waals surface area contributed by atoms with Crippen LogP contribution in [0, 0.1) is 6.92 Å². The second-order valence-corrected chi connectivity index (χ2v) is 8.91. The molecule has 198 valence electrons. The van der Waals surface area contributed by atoms with Gasteiger partial charge in [0.2, 0.25) is 0 Å². The Balaban J connectivity index is 1.62. The summed E-state index contributed by atoms with van der Waals surface area (Å²) in [7, 11) is 0. The molecule has 0 bridgehead atoms. The molecule has 0 radical (unpaired) electrons. The zero-order chi connectivity index (χ0) is 27.7. The molecule has 3 amide bonds. The van der Waals surface area contributed by atoms with Gasteiger partial charge in [-0.25, -0.2) is 5.43 Å². The Hall–Kier alpha value is -3.79. The second kappa shape index (κ2) is 13.7. The number of hydrogen-bond donors (Lipinski definition) is 3. The van der Waals surface area contributed by atoms with Gasteiger partial charge in [-0.1, -0.05) is 58.6 Å². The minimum Gasteiger partial charge on any atom is -0.490 e. The third kappa shape index (κ3) is 8.11. The van der Waals surface area contributed by atoms with Gasteiger partial charge in [-0.15, -0.1) is 0 Å². The van der Waals surface area contributed by atoms with E-state index in [2.05, 4.69) is 21.2 Å². The molecule has 9 nitrogen and oxygen atoms in total. The summed E-state index contributed by atoms with van der Waals surface area (Å²) in [4.78, 5) is 36.5. The summed E-state index contributed by atoms with van der Waals surface area (Å²) in [6.45, 7) is 3.71. The van der Waals surface area contributed by atoms with Gasteiger partial charge in [0, 0.05) is 5.69 Å². The minimum atomic E-state index is -1.03. The quantitative estimate of drug-likeness (QED) is 0.177. The van der Waals surface area contributed by atoms with Crippen molar-refractivity contribution in [2.45, 2.75) is 13.8 Å². The molecular weight excluding hydrogens is 555 g/mol. The lowest BCUT2D eigenvalue weighted by Crippen LogP contribution is -2.32. The van der Waals surface area contributed by atoms with Gasteiger partial charge < -0.3 is 20.1 Å². The molecule has 0 aliphatic carbocycles. The van der Waals surface area contributed by atoms with Gasteiger partial charge in [-0.3, -0.25) is 14.4 Å². The van der Waals surface area contributed by atoms with E-state index in [4.69, 9.17) is 44.3 Å². The Kier molecular flexibility index (Phi) is 10.3. The maximum Gasteiger partial charge on any atom is 0.329 e. The third-order valence-corrected chi connectivity index (χ3v) is 5.90. The van der Waals surface area contributed by atoms with Gasteiger partial charge in [0.15, 0.2) is 18.1 Å². The molecule has 0 spiro atoms. The highest BCUT2D eigenvalue weighted by Gasteiger charge is 2.17. The first-order chi connectivity index (χ1) is 18.2. The van der Waals surface area contributed by atoms with Crippen molar-refractivity contribution in [3.8, 4) is 11.5 Å². The predicted molar refractivity (Wildman–Crippen MR) is 149 cm³/mol. The van der Waals surface area contributed by atoms with Crippen LogP contribution < -0.4 is 25.5 Å². The van der Waals surface area contributed by atoms with Crippen molar-refractivity contribution in [1.82, 2.24) is 5.43 Å². The minimum absolute atomic E-state index is 0.104. The van der Waals surface area contributed by atoms with Gasteiger partial charge in [0.1, 0.15) is 0 Å². The fourth-order valence-electron chi connectivity index (χ4n) is 3.03. The fraction of sp³-hybridized carbons (Fsp3) is 0.154. The van der Waals surface area contributed by atoms with E-state index in [1.54, 1.807) is 37.3 Å². The van der Waals surface area contributed by atoms with Gasteiger partial charge in [0.25, 0.3) is 5.91 Å². The van der Waals surface area contributed by atoms with Crippen LogP contribution in [0.1, 0.15) is 18.1 Å². The van der Waals surface area contributed by atoms with Crippen molar-refractivity contribution >= 4 is 70.1 Å². The number of hydrogen-bond acceptors (Lipinski definition) is 6. The Labute approximate surface area is 234 Å². The number of amides is 3. The molecule has 0 aliphatic heterocycles. The zero-order valence-electron chi connectivity index (χ0n) is 20.3. The summed E-state index contributed by atoms with van der Waals surface area (Å²) < 4.78 is 11.2. The number of hydrazone groups is 1. The third-order valence-electron chi connectivity index (χ3n) is 4.80. The van der Waals surface area contributed by atoms with E-state index in [0.717, 1.165) is 5.56 Å². The Morgan fingerprint density at radius 1 is 0.921 bits per heavy atom. The molecule has 38 heavy (non-hydrogen) atoms. The normalized spacial score (nSPS) is 10.7. The molecule has 3 aromatic carbocycles. The first kappa shape index (κ1) is 28.8. The SMILES string of the molecule is CCOc1cc(/C=N\NC(=O)C(=O)Nc2cccc(Cl)c2Cl)cc(Cl)c1OCC(=O)Nc1ccc(C)cc1. The molecule has 0 saturated carbocycles. The molecule has 3 aromatic rings. The Morgan fingerprint density at radius 3 is 2.37 bits per heavy atom. The first-order valence-corrected chi connectivity index (χ1v) is 12.4. The Bertz CT molecular complexity index is 1360. The lowest BCUT2D eigenvalue weighted by molar-refractivity contribution is -0.136. The summed E-state index contributed by atoms with van der Waals surface area (Å²) in [6, 6.07) is 15.0. The highest BCUT2D eigenvalue weighted by atomic mass is 35.5. The van der Waals surface area contributed by atoms with Crippen molar-refractivity contribution in [3.63, 3.8) is 0 Å². The van der Waals surface area contributed by atoms with Crippen molar-refractivity contribution in [1.29, 1.82) is 0 Å². The van der Waals surface area contributed by atoms with Crippen molar-refractivity contribution in [2.24, 2.45) is 5.10 Å². The van der Waals surface area contributed by atoms with E-state index < -0.39 is 11.8 Å². The number of carbonyl (C=O) groups excluding carboxylic acids is 3. The standard InChI is InChI=1S/C26H23Cl3N4O5/c1-3-37-21-12-16(13-30-33-26(36)25(35)32-20-6-4-5-18(27)23(20)29)11-19(28)24(21)38-14-22(34)31-17-9-7-15(2)8-10-17/h4-13H,3,14H2,1-2H3,(H,31,34)(H,32,35)(H,33,36)/b30-13-. The van der Waals surface area contributed by atoms with E-state index in [1.165, 1.54) is 18.3 Å². The number of benzene rings is 3. The van der Waals surface area contributed by atoms with Crippen LogP contribution in [0.2, 0.25) is 15.1 Å². The molecule has 12 heteroatoms. The maximum absolute atomic E-state index is 12.3. The average Bonchev–Trinajstić information content (AvgIpc) is 2.87. The molecule has 0 aliphatic rings. The number of rotatable bonds is 9. The summed E-state index contributed by atoms with van der Waals surface area (Å²) >= 11 is 18.3. The van der Waals surface area contributed by atoms with E-state index >= 15 is 0 Å². The molecule has 3 N–H and O–H groups in total. The zero-order valence-corrected chi connectivity index (χ0v) is 22.6. The number of anilines is 2. The van der Waals surface area contributed by atoms with E-state index in [1.807, 2.05) is 19.1 Å².